The fraction of sp³-hybridized carbons (Fsp3) is 0.0690. The van der Waals surface area contributed by atoms with Crippen molar-refractivity contribution in [3.05, 3.63) is 101 Å². The SMILES string of the molecule is Cc1ccccc1-c1ccc(-c2nc(Cl)nc(-c3ccc4c(c3)sc3ccccc34)n2)cc1C. The molecule has 0 radical (unpaired) electrons. The molecule has 164 valence electrons. The Hall–Kier alpha value is -3.60. The van der Waals surface area contributed by atoms with Crippen molar-refractivity contribution in [1.82, 2.24) is 15.0 Å². The first-order valence-corrected chi connectivity index (χ1v) is 12.3. The fourth-order valence-corrected chi connectivity index (χ4v) is 5.76. The van der Waals surface area contributed by atoms with Crippen molar-refractivity contribution in [3.8, 4) is 33.9 Å². The number of aromatic nitrogens is 3. The van der Waals surface area contributed by atoms with Gasteiger partial charge in [-0.25, -0.2) is 4.98 Å². The second-order valence-corrected chi connectivity index (χ2v) is 9.83. The monoisotopic (exact) mass is 477 g/mol. The molecule has 4 aromatic carbocycles. The van der Waals surface area contributed by atoms with E-state index in [1.807, 2.05) is 0 Å². The molecule has 0 aliphatic heterocycles. The fourth-order valence-electron chi connectivity index (χ4n) is 4.45. The molecule has 2 aromatic heterocycles. The lowest BCUT2D eigenvalue weighted by Gasteiger charge is -2.11. The summed E-state index contributed by atoms with van der Waals surface area (Å²) in [5.74, 6) is 1.15. The maximum absolute atomic E-state index is 6.36. The third-order valence-electron chi connectivity index (χ3n) is 6.16. The zero-order valence-electron chi connectivity index (χ0n) is 18.7. The highest BCUT2D eigenvalue weighted by molar-refractivity contribution is 7.25. The number of rotatable bonds is 3. The molecule has 6 rings (SSSR count). The Morgan fingerprint density at radius 2 is 1.24 bits per heavy atom. The third kappa shape index (κ3) is 3.65. The second-order valence-electron chi connectivity index (χ2n) is 8.41. The lowest BCUT2D eigenvalue weighted by Crippen LogP contribution is -1.98. The van der Waals surface area contributed by atoms with Gasteiger partial charge in [0.15, 0.2) is 11.6 Å². The van der Waals surface area contributed by atoms with Gasteiger partial charge in [0.25, 0.3) is 0 Å². The second kappa shape index (κ2) is 8.32. The van der Waals surface area contributed by atoms with Gasteiger partial charge in [-0.15, -0.1) is 11.3 Å². The van der Waals surface area contributed by atoms with Gasteiger partial charge in [0.05, 0.1) is 0 Å². The molecule has 0 aliphatic carbocycles. The van der Waals surface area contributed by atoms with E-state index in [1.165, 1.54) is 36.9 Å². The Morgan fingerprint density at radius 1 is 0.588 bits per heavy atom. The van der Waals surface area contributed by atoms with Crippen molar-refractivity contribution in [2.75, 3.05) is 0 Å². The first-order valence-electron chi connectivity index (χ1n) is 11.1. The lowest BCUT2D eigenvalue weighted by molar-refractivity contribution is 1.07. The van der Waals surface area contributed by atoms with Crippen LogP contribution in [-0.2, 0) is 0 Å². The van der Waals surface area contributed by atoms with Crippen molar-refractivity contribution in [2.24, 2.45) is 0 Å². The Labute approximate surface area is 206 Å². The van der Waals surface area contributed by atoms with Gasteiger partial charge in [-0.05, 0) is 65.9 Å². The van der Waals surface area contributed by atoms with Gasteiger partial charge in [0.1, 0.15) is 0 Å². The molecule has 0 aliphatic rings. The van der Waals surface area contributed by atoms with E-state index in [9.17, 15) is 0 Å². The van der Waals surface area contributed by atoms with Crippen LogP contribution in [-0.4, -0.2) is 15.0 Å². The van der Waals surface area contributed by atoms with Crippen molar-refractivity contribution in [3.63, 3.8) is 0 Å². The Kier molecular flexibility index (Phi) is 5.13. The number of benzene rings is 4. The van der Waals surface area contributed by atoms with E-state index >= 15 is 0 Å². The molecule has 34 heavy (non-hydrogen) atoms. The average molecular weight is 478 g/mol. The van der Waals surface area contributed by atoms with E-state index in [4.69, 9.17) is 16.6 Å². The van der Waals surface area contributed by atoms with Crippen LogP contribution in [0.1, 0.15) is 11.1 Å². The van der Waals surface area contributed by atoms with E-state index in [0.717, 1.165) is 16.7 Å². The summed E-state index contributed by atoms with van der Waals surface area (Å²) in [6.07, 6.45) is 0. The molecule has 0 fully saturated rings. The summed E-state index contributed by atoms with van der Waals surface area (Å²) in [4.78, 5) is 13.7. The summed E-state index contributed by atoms with van der Waals surface area (Å²) in [7, 11) is 0. The van der Waals surface area contributed by atoms with Crippen LogP contribution in [0.5, 0.6) is 0 Å². The average Bonchev–Trinajstić information content (AvgIpc) is 3.22. The van der Waals surface area contributed by atoms with Crippen LogP contribution in [0, 0.1) is 13.8 Å². The molecule has 0 unspecified atom stereocenters. The van der Waals surface area contributed by atoms with Crippen molar-refractivity contribution in [2.45, 2.75) is 13.8 Å². The molecule has 0 atom stereocenters. The summed E-state index contributed by atoms with van der Waals surface area (Å²) >= 11 is 8.13. The lowest BCUT2D eigenvalue weighted by atomic mass is 9.95. The molecule has 6 aromatic rings. The van der Waals surface area contributed by atoms with Gasteiger partial charge in [-0.3, -0.25) is 0 Å². The van der Waals surface area contributed by atoms with Crippen LogP contribution in [0.25, 0.3) is 54.1 Å². The summed E-state index contributed by atoms with van der Waals surface area (Å²) in [5.41, 5.74) is 6.70. The molecule has 5 heteroatoms. The Morgan fingerprint density at radius 3 is 2.03 bits per heavy atom. The molecular weight excluding hydrogens is 458 g/mol. The third-order valence-corrected chi connectivity index (χ3v) is 7.47. The van der Waals surface area contributed by atoms with Crippen molar-refractivity contribution >= 4 is 43.1 Å². The number of thiophene rings is 1. The van der Waals surface area contributed by atoms with Crippen LogP contribution in [0.2, 0.25) is 5.28 Å². The van der Waals surface area contributed by atoms with Gasteiger partial charge in [0.2, 0.25) is 5.28 Å². The normalized spacial score (nSPS) is 11.4. The molecule has 0 N–H and O–H groups in total. The Balaban J connectivity index is 1.42. The number of hydrogen-bond acceptors (Lipinski definition) is 4. The highest BCUT2D eigenvalue weighted by Crippen LogP contribution is 2.36. The van der Waals surface area contributed by atoms with Crippen molar-refractivity contribution in [1.29, 1.82) is 0 Å². The number of nitrogens with zero attached hydrogens (tertiary/aromatic N) is 3. The van der Waals surface area contributed by atoms with E-state index in [1.54, 1.807) is 11.3 Å². The number of aryl methyl sites for hydroxylation is 2. The van der Waals surface area contributed by atoms with Crippen LogP contribution in [0.4, 0.5) is 0 Å². The Bertz CT molecular complexity index is 1700. The minimum absolute atomic E-state index is 0.192. The largest absolute Gasteiger partial charge is 0.226 e. The standard InChI is InChI=1S/C29H20ClN3S/c1-17-7-3-4-8-21(17)22-13-11-19(15-18(22)2)27-31-28(33-29(30)32-27)20-12-14-24-23-9-5-6-10-25(23)34-26(24)16-20/h3-16H,1-2H3. The van der Waals surface area contributed by atoms with Gasteiger partial charge in [0, 0.05) is 31.3 Å². The van der Waals surface area contributed by atoms with Crippen LogP contribution in [0.3, 0.4) is 0 Å². The van der Waals surface area contributed by atoms with Crippen LogP contribution >= 0.6 is 22.9 Å². The van der Waals surface area contributed by atoms with Gasteiger partial charge in [-0.2, -0.15) is 9.97 Å². The van der Waals surface area contributed by atoms with E-state index in [-0.39, 0.29) is 5.28 Å². The smallest absolute Gasteiger partial charge is 0.208 e. The van der Waals surface area contributed by atoms with E-state index < -0.39 is 0 Å². The predicted molar refractivity (Wildman–Crippen MR) is 144 cm³/mol. The molecule has 0 saturated heterocycles. The maximum atomic E-state index is 6.36. The van der Waals surface area contributed by atoms with Crippen LogP contribution < -0.4 is 0 Å². The quantitative estimate of drug-likeness (QED) is 0.256. The summed E-state index contributed by atoms with van der Waals surface area (Å²) in [5, 5.41) is 2.71. The molecule has 2 heterocycles. The molecule has 3 nitrogen and oxygen atoms in total. The van der Waals surface area contributed by atoms with Gasteiger partial charge in [-0.1, -0.05) is 66.7 Å². The number of fused-ring (bicyclic) bond motifs is 3. The van der Waals surface area contributed by atoms with Crippen LogP contribution in [0.15, 0.2) is 84.9 Å². The zero-order chi connectivity index (χ0) is 23.2. The number of halogens is 1. The van der Waals surface area contributed by atoms with Gasteiger partial charge < -0.3 is 0 Å². The number of hydrogen-bond donors (Lipinski definition) is 0. The maximum Gasteiger partial charge on any atom is 0.226 e. The summed E-state index contributed by atoms with van der Waals surface area (Å²) in [6.45, 7) is 4.25. The molecule has 0 saturated carbocycles. The topological polar surface area (TPSA) is 38.7 Å². The zero-order valence-corrected chi connectivity index (χ0v) is 20.3. The highest BCUT2D eigenvalue weighted by atomic mass is 35.5. The molecule has 0 bridgehead atoms. The van der Waals surface area contributed by atoms with Crippen molar-refractivity contribution < 1.29 is 0 Å². The molecule has 0 spiro atoms. The first kappa shape index (κ1) is 21.0. The molecule has 0 amide bonds. The minimum Gasteiger partial charge on any atom is -0.208 e. The van der Waals surface area contributed by atoms with E-state index in [0.29, 0.717) is 11.6 Å². The first-order chi connectivity index (χ1) is 16.6. The van der Waals surface area contributed by atoms with E-state index in [2.05, 4.69) is 109 Å². The highest BCUT2D eigenvalue weighted by Gasteiger charge is 2.13. The minimum atomic E-state index is 0.192. The summed E-state index contributed by atoms with van der Waals surface area (Å²) < 4.78 is 2.48. The molecular formula is C29H20ClN3S. The summed E-state index contributed by atoms with van der Waals surface area (Å²) in [6, 6.07) is 29.5. The van der Waals surface area contributed by atoms with Gasteiger partial charge >= 0.3 is 0 Å². The predicted octanol–water partition coefficient (Wildman–Crippen LogP) is 8.51.